The van der Waals surface area contributed by atoms with Crippen LogP contribution in [0, 0.1) is 11.6 Å². The first-order chi connectivity index (χ1) is 11.1. The summed E-state index contributed by atoms with van der Waals surface area (Å²) in [5.41, 5.74) is 1.26. The van der Waals surface area contributed by atoms with Crippen LogP contribution >= 0.6 is 0 Å². The first-order valence-corrected chi connectivity index (χ1v) is 6.97. The maximum atomic E-state index is 13.1. The van der Waals surface area contributed by atoms with Crippen LogP contribution in [0.1, 0.15) is 5.56 Å². The minimum Gasteiger partial charge on any atom is -0.309 e. The van der Waals surface area contributed by atoms with Crippen molar-refractivity contribution in [1.29, 1.82) is 0 Å². The highest BCUT2D eigenvalue weighted by molar-refractivity contribution is 5.91. The number of anilines is 1. The Bertz CT molecular complexity index is 831. The van der Waals surface area contributed by atoms with Gasteiger partial charge in [-0.05, 0) is 29.8 Å². The summed E-state index contributed by atoms with van der Waals surface area (Å²) in [4.78, 5) is 11.9. The van der Waals surface area contributed by atoms with Crippen LogP contribution in [-0.4, -0.2) is 15.7 Å². The van der Waals surface area contributed by atoms with Crippen LogP contribution in [0.5, 0.6) is 0 Å². The van der Waals surface area contributed by atoms with Crippen molar-refractivity contribution in [2.24, 2.45) is 0 Å². The molecule has 3 rings (SSSR count). The van der Waals surface area contributed by atoms with Crippen LogP contribution < -0.4 is 5.32 Å². The van der Waals surface area contributed by atoms with E-state index < -0.39 is 11.6 Å². The lowest BCUT2D eigenvalue weighted by atomic mass is 10.1. The van der Waals surface area contributed by atoms with Crippen molar-refractivity contribution < 1.29 is 13.6 Å². The number of hydrogen-bond acceptors (Lipinski definition) is 2. The zero-order valence-electron chi connectivity index (χ0n) is 12.0. The second-order valence-electron chi connectivity index (χ2n) is 4.95. The standard InChI is InChI=1S/C17H13F2N3O/c18-14-7-6-12(10-15(14)19)11-17(23)20-16-8-9-22(21-16)13-4-2-1-3-5-13/h1-10H,11H2,(H,20,21,23). The van der Waals surface area contributed by atoms with Gasteiger partial charge in [0.1, 0.15) is 0 Å². The summed E-state index contributed by atoms with van der Waals surface area (Å²) in [6, 6.07) is 14.5. The lowest BCUT2D eigenvalue weighted by Crippen LogP contribution is -2.15. The number of carbonyl (C=O) groups excluding carboxylic acids is 1. The lowest BCUT2D eigenvalue weighted by molar-refractivity contribution is -0.115. The van der Waals surface area contributed by atoms with Gasteiger partial charge in [0.25, 0.3) is 0 Å². The van der Waals surface area contributed by atoms with Gasteiger partial charge in [-0.2, -0.15) is 5.10 Å². The molecule has 2 aromatic carbocycles. The molecule has 0 atom stereocenters. The van der Waals surface area contributed by atoms with E-state index in [0.717, 1.165) is 17.8 Å². The maximum absolute atomic E-state index is 13.1. The Morgan fingerprint density at radius 2 is 1.83 bits per heavy atom. The molecular formula is C17H13F2N3O. The summed E-state index contributed by atoms with van der Waals surface area (Å²) in [7, 11) is 0. The average molecular weight is 313 g/mol. The third kappa shape index (κ3) is 3.60. The molecule has 0 radical (unpaired) electrons. The highest BCUT2D eigenvalue weighted by atomic mass is 19.2. The number of halogens is 2. The summed E-state index contributed by atoms with van der Waals surface area (Å²) in [6.07, 6.45) is 1.66. The molecule has 23 heavy (non-hydrogen) atoms. The highest BCUT2D eigenvalue weighted by Crippen LogP contribution is 2.12. The lowest BCUT2D eigenvalue weighted by Gasteiger charge is -2.03. The van der Waals surface area contributed by atoms with Crippen LogP contribution in [0.3, 0.4) is 0 Å². The Morgan fingerprint density at radius 3 is 2.57 bits per heavy atom. The number of nitrogens with zero attached hydrogens (tertiary/aromatic N) is 2. The molecular weight excluding hydrogens is 300 g/mol. The SMILES string of the molecule is O=C(Cc1ccc(F)c(F)c1)Nc1ccn(-c2ccccc2)n1. The summed E-state index contributed by atoms with van der Waals surface area (Å²) in [6.45, 7) is 0. The van der Waals surface area contributed by atoms with Gasteiger partial charge in [0.05, 0.1) is 12.1 Å². The first-order valence-electron chi connectivity index (χ1n) is 6.97. The Kier molecular flexibility index (Phi) is 4.14. The van der Waals surface area contributed by atoms with E-state index in [1.165, 1.54) is 6.07 Å². The number of amides is 1. The highest BCUT2D eigenvalue weighted by Gasteiger charge is 2.09. The van der Waals surface area contributed by atoms with Crippen LogP contribution in [0.25, 0.3) is 5.69 Å². The molecule has 0 fully saturated rings. The van der Waals surface area contributed by atoms with E-state index >= 15 is 0 Å². The molecule has 0 saturated heterocycles. The molecule has 6 heteroatoms. The van der Waals surface area contributed by atoms with Crippen molar-refractivity contribution in [3.05, 3.63) is 78.0 Å². The molecule has 4 nitrogen and oxygen atoms in total. The predicted molar refractivity (Wildman–Crippen MR) is 82.3 cm³/mol. The summed E-state index contributed by atoms with van der Waals surface area (Å²) in [5.74, 6) is -1.87. The van der Waals surface area contributed by atoms with Gasteiger partial charge in [-0.15, -0.1) is 0 Å². The second kappa shape index (κ2) is 6.39. The summed E-state index contributed by atoms with van der Waals surface area (Å²) < 4.78 is 27.6. The number of rotatable bonds is 4. The molecule has 0 bridgehead atoms. The number of carbonyl (C=O) groups is 1. The summed E-state index contributed by atoms with van der Waals surface area (Å²) >= 11 is 0. The number of aromatic nitrogens is 2. The van der Waals surface area contributed by atoms with Gasteiger partial charge < -0.3 is 5.32 Å². The molecule has 0 aliphatic heterocycles. The molecule has 0 aliphatic rings. The Hall–Kier alpha value is -3.02. The predicted octanol–water partition coefficient (Wildman–Crippen LogP) is 3.33. The quantitative estimate of drug-likeness (QED) is 0.803. The van der Waals surface area contributed by atoms with Crippen molar-refractivity contribution in [2.75, 3.05) is 5.32 Å². The largest absolute Gasteiger partial charge is 0.309 e. The van der Waals surface area contributed by atoms with Crippen LogP contribution in [0.2, 0.25) is 0 Å². The zero-order valence-corrected chi connectivity index (χ0v) is 12.0. The molecule has 1 heterocycles. The van der Waals surface area contributed by atoms with Gasteiger partial charge >= 0.3 is 0 Å². The smallest absolute Gasteiger partial charge is 0.229 e. The van der Waals surface area contributed by atoms with Gasteiger partial charge in [0, 0.05) is 12.3 Å². The molecule has 0 spiro atoms. The number of para-hydroxylation sites is 1. The maximum Gasteiger partial charge on any atom is 0.229 e. The zero-order chi connectivity index (χ0) is 16.2. The van der Waals surface area contributed by atoms with Gasteiger partial charge in [-0.25, -0.2) is 13.5 Å². The minimum atomic E-state index is -0.969. The normalized spacial score (nSPS) is 10.5. The molecule has 1 N–H and O–H groups in total. The van der Waals surface area contributed by atoms with E-state index in [4.69, 9.17) is 0 Å². The molecule has 0 saturated carbocycles. The van der Waals surface area contributed by atoms with E-state index in [1.54, 1.807) is 16.9 Å². The van der Waals surface area contributed by atoms with Crippen LogP contribution in [0.4, 0.5) is 14.6 Å². The van der Waals surface area contributed by atoms with Crippen molar-refractivity contribution in [1.82, 2.24) is 9.78 Å². The molecule has 116 valence electrons. The fourth-order valence-corrected chi connectivity index (χ4v) is 2.14. The number of hydrogen-bond donors (Lipinski definition) is 1. The third-order valence-electron chi connectivity index (χ3n) is 3.23. The van der Waals surface area contributed by atoms with Crippen molar-refractivity contribution in [3.8, 4) is 5.69 Å². The van der Waals surface area contributed by atoms with E-state index in [-0.39, 0.29) is 12.3 Å². The first kappa shape index (κ1) is 14.9. The molecule has 0 unspecified atom stereocenters. The van der Waals surface area contributed by atoms with E-state index in [1.807, 2.05) is 30.3 Å². The molecule has 3 aromatic rings. The fraction of sp³-hybridized carbons (Fsp3) is 0.0588. The monoisotopic (exact) mass is 313 g/mol. The number of nitrogens with one attached hydrogen (secondary N) is 1. The van der Waals surface area contributed by atoms with Gasteiger partial charge in [0.15, 0.2) is 17.5 Å². The molecule has 1 amide bonds. The van der Waals surface area contributed by atoms with E-state index in [9.17, 15) is 13.6 Å². The molecule has 1 aromatic heterocycles. The Morgan fingerprint density at radius 1 is 1.04 bits per heavy atom. The van der Waals surface area contributed by atoms with Crippen molar-refractivity contribution in [2.45, 2.75) is 6.42 Å². The number of benzene rings is 2. The van der Waals surface area contributed by atoms with Crippen LogP contribution in [0.15, 0.2) is 60.8 Å². The Balaban J connectivity index is 1.66. The van der Waals surface area contributed by atoms with E-state index in [2.05, 4.69) is 10.4 Å². The third-order valence-corrected chi connectivity index (χ3v) is 3.23. The second-order valence-corrected chi connectivity index (χ2v) is 4.95. The van der Waals surface area contributed by atoms with Crippen molar-refractivity contribution in [3.63, 3.8) is 0 Å². The molecule has 0 aliphatic carbocycles. The van der Waals surface area contributed by atoms with Gasteiger partial charge in [0.2, 0.25) is 5.91 Å². The average Bonchev–Trinajstić information content (AvgIpc) is 3.00. The topological polar surface area (TPSA) is 46.9 Å². The van der Waals surface area contributed by atoms with Gasteiger partial charge in [-0.1, -0.05) is 24.3 Å². The Labute approximate surface area is 131 Å². The van der Waals surface area contributed by atoms with E-state index in [0.29, 0.717) is 11.4 Å². The van der Waals surface area contributed by atoms with Gasteiger partial charge in [-0.3, -0.25) is 4.79 Å². The minimum absolute atomic E-state index is 0.0601. The van der Waals surface area contributed by atoms with Crippen LogP contribution in [-0.2, 0) is 11.2 Å². The van der Waals surface area contributed by atoms with Crippen molar-refractivity contribution >= 4 is 11.7 Å². The summed E-state index contributed by atoms with van der Waals surface area (Å²) in [5, 5.41) is 6.87. The fourth-order valence-electron chi connectivity index (χ4n) is 2.14.